The van der Waals surface area contributed by atoms with Crippen molar-refractivity contribution in [2.24, 2.45) is 10.4 Å². The predicted octanol–water partition coefficient (Wildman–Crippen LogP) is 2.38. The molecule has 1 aliphatic carbocycles. The lowest BCUT2D eigenvalue weighted by Gasteiger charge is -2.62. The zero-order chi connectivity index (χ0) is 15.0. The summed E-state index contributed by atoms with van der Waals surface area (Å²) >= 11 is 0. The lowest BCUT2D eigenvalue weighted by atomic mass is 9.65. The molecule has 20 heavy (non-hydrogen) atoms. The van der Waals surface area contributed by atoms with Crippen LogP contribution in [0.1, 0.15) is 60.3 Å². The molecule has 2 N–H and O–H groups in total. The second-order valence-electron chi connectivity index (χ2n) is 7.63. The molecule has 4 heteroatoms. The first-order valence-corrected chi connectivity index (χ1v) is 8.00. The van der Waals surface area contributed by atoms with Crippen LogP contribution in [0.2, 0.25) is 0 Å². The van der Waals surface area contributed by atoms with E-state index in [1.807, 2.05) is 0 Å². The van der Waals surface area contributed by atoms with Gasteiger partial charge in [0.15, 0.2) is 5.96 Å². The van der Waals surface area contributed by atoms with E-state index < -0.39 is 5.60 Å². The van der Waals surface area contributed by atoms with Crippen LogP contribution in [-0.4, -0.2) is 46.7 Å². The van der Waals surface area contributed by atoms with Crippen LogP contribution in [0.25, 0.3) is 0 Å². The average molecular weight is 281 g/mol. The van der Waals surface area contributed by atoms with Crippen LogP contribution in [0.5, 0.6) is 0 Å². The average Bonchev–Trinajstić information content (AvgIpc) is 2.79. The van der Waals surface area contributed by atoms with Gasteiger partial charge in [-0.25, -0.2) is 0 Å². The molecule has 2 aliphatic rings. The Morgan fingerprint density at radius 3 is 2.25 bits per heavy atom. The number of hydrogen-bond donors (Lipinski definition) is 2. The highest BCUT2D eigenvalue weighted by molar-refractivity contribution is 5.82. The third-order valence-corrected chi connectivity index (χ3v) is 5.53. The first kappa shape index (κ1) is 15.6. The number of rotatable bonds is 3. The van der Waals surface area contributed by atoms with Crippen molar-refractivity contribution in [2.75, 3.05) is 19.6 Å². The van der Waals surface area contributed by atoms with Gasteiger partial charge in [0.05, 0.1) is 12.1 Å². The maximum absolute atomic E-state index is 10.5. The summed E-state index contributed by atoms with van der Waals surface area (Å²) in [5, 5.41) is 13.8. The van der Waals surface area contributed by atoms with Crippen molar-refractivity contribution >= 4 is 5.96 Å². The van der Waals surface area contributed by atoms with Gasteiger partial charge in [-0.1, -0.05) is 26.7 Å². The lowest BCUT2D eigenvalue weighted by Crippen LogP contribution is -2.72. The molecule has 4 nitrogen and oxygen atoms in total. The van der Waals surface area contributed by atoms with Gasteiger partial charge in [0.2, 0.25) is 0 Å². The van der Waals surface area contributed by atoms with Gasteiger partial charge in [0, 0.05) is 24.0 Å². The Morgan fingerprint density at radius 1 is 1.20 bits per heavy atom. The van der Waals surface area contributed by atoms with E-state index in [9.17, 15) is 5.11 Å². The Bertz CT molecular complexity index is 381. The molecule has 2 fully saturated rings. The molecular formula is C16H31N3O. The summed E-state index contributed by atoms with van der Waals surface area (Å²) in [4.78, 5) is 7.07. The number of hydrogen-bond acceptors (Lipinski definition) is 2. The van der Waals surface area contributed by atoms with E-state index in [2.05, 4.69) is 44.8 Å². The molecule has 0 aromatic rings. The van der Waals surface area contributed by atoms with Crippen molar-refractivity contribution in [2.45, 2.75) is 71.4 Å². The van der Waals surface area contributed by atoms with Crippen LogP contribution in [0.15, 0.2) is 4.99 Å². The van der Waals surface area contributed by atoms with Crippen molar-refractivity contribution in [3.05, 3.63) is 0 Å². The fourth-order valence-electron chi connectivity index (χ4n) is 3.21. The number of likely N-dealkylation sites (tertiary alicyclic amines) is 1. The van der Waals surface area contributed by atoms with Crippen LogP contribution < -0.4 is 5.32 Å². The minimum atomic E-state index is -0.564. The van der Waals surface area contributed by atoms with Crippen LogP contribution in [0.4, 0.5) is 0 Å². The zero-order valence-electron chi connectivity index (χ0n) is 13.8. The standard InChI is InChI=1S/C16H31N3O/c1-6-17-13(18-11-16(20)9-7-8-10-16)19-12-14(2,3)15(19,4)5/h20H,6-12H2,1-5H3,(H,17,18). The molecule has 0 atom stereocenters. The number of nitrogens with one attached hydrogen (secondary N) is 1. The molecular weight excluding hydrogens is 250 g/mol. The van der Waals surface area contributed by atoms with Crippen molar-refractivity contribution < 1.29 is 5.11 Å². The van der Waals surface area contributed by atoms with E-state index in [1.54, 1.807) is 0 Å². The lowest BCUT2D eigenvalue weighted by molar-refractivity contribution is -0.0671. The monoisotopic (exact) mass is 281 g/mol. The highest BCUT2D eigenvalue weighted by atomic mass is 16.3. The summed E-state index contributed by atoms with van der Waals surface area (Å²) in [6.07, 6.45) is 4.05. The molecule has 0 aromatic heterocycles. The van der Waals surface area contributed by atoms with Crippen LogP contribution in [-0.2, 0) is 0 Å². The van der Waals surface area contributed by atoms with Gasteiger partial charge >= 0.3 is 0 Å². The van der Waals surface area contributed by atoms with E-state index in [0.29, 0.717) is 12.0 Å². The van der Waals surface area contributed by atoms with E-state index in [1.165, 1.54) is 0 Å². The number of aliphatic hydroxyl groups is 1. The summed E-state index contributed by atoms with van der Waals surface area (Å²) in [5.41, 5.74) is -0.162. The van der Waals surface area contributed by atoms with Gasteiger partial charge in [-0.15, -0.1) is 0 Å². The molecule has 2 rings (SSSR count). The van der Waals surface area contributed by atoms with Gasteiger partial charge < -0.3 is 15.3 Å². The second-order valence-corrected chi connectivity index (χ2v) is 7.63. The van der Waals surface area contributed by atoms with Crippen molar-refractivity contribution in [3.8, 4) is 0 Å². The van der Waals surface area contributed by atoms with E-state index in [4.69, 9.17) is 4.99 Å². The zero-order valence-corrected chi connectivity index (χ0v) is 13.8. The van der Waals surface area contributed by atoms with Crippen LogP contribution in [0, 0.1) is 5.41 Å². The molecule has 0 amide bonds. The third kappa shape index (κ3) is 2.67. The van der Waals surface area contributed by atoms with Crippen molar-refractivity contribution in [3.63, 3.8) is 0 Å². The summed E-state index contributed by atoms with van der Waals surface area (Å²) < 4.78 is 0. The summed E-state index contributed by atoms with van der Waals surface area (Å²) in [7, 11) is 0. The molecule has 0 radical (unpaired) electrons. The minimum Gasteiger partial charge on any atom is -0.388 e. The molecule has 0 aromatic carbocycles. The molecule has 0 spiro atoms. The minimum absolute atomic E-state index is 0.103. The first-order valence-electron chi connectivity index (χ1n) is 8.00. The SMILES string of the molecule is CCNC(=NCC1(O)CCCC1)N1CC(C)(C)C1(C)C. The Kier molecular flexibility index (Phi) is 4.07. The molecule has 1 saturated heterocycles. The van der Waals surface area contributed by atoms with Crippen LogP contribution >= 0.6 is 0 Å². The van der Waals surface area contributed by atoms with Crippen molar-refractivity contribution in [1.82, 2.24) is 10.2 Å². The van der Waals surface area contributed by atoms with Crippen molar-refractivity contribution in [1.29, 1.82) is 0 Å². The fourth-order valence-corrected chi connectivity index (χ4v) is 3.21. The third-order valence-electron chi connectivity index (χ3n) is 5.53. The fraction of sp³-hybridized carbons (Fsp3) is 0.938. The Balaban J connectivity index is 2.08. The summed E-state index contributed by atoms with van der Waals surface area (Å²) in [5.74, 6) is 0.956. The van der Waals surface area contributed by atoms with Crippen LogP contribution in [0.3, 0.4) is 0 Å². The quantitative estimate of drug-likeness (QED) is 0.617. The Labute approximate surface area is 123 Å². The maximum Gasteiger partial charge on any atom is 0.194 e. The molecule has 1 heterocycles. The van der Waals surface area contributed by atoms with E-state index >= 15 is 0 Å². The number of nitrogens with zero attached hydrogens (tertiary/aromatic N) is 2. The first-order chi connectivity index (χ1) is 9.22. The predicted molar refractivity (Wildman–Crippen MR) is 84.0 cm³/mol. The summed E-state index contributed by atoms with van der Waals surface area (Å²) in [6, 6.07) is 0. The summed E-state index contributed by atoms with van der Waals surface area (Å²) in [6.45, 7) is 13.7. The topological polar surface area (TPSA) is 47.9 Å². The van der Waals surface area contributed by atoms with Gasteiger partial charge in [-0.2, -0.15) is 0 Å². The van der Waals surface area contributed by atoms with Gasteiger partial charge in [-0.05, 0) is 33.6 Å². The molecule has 1 saturated carbocycles. The van der Waals surface area contributed by atoms with E-state index in [0.717, 1.165) is 44.7 Å². The Morgan fingerprint density at radius 2 is 1.80 bits per heavy atom. The van der Waals surface area contributed by atoms with E-state index in [-0.39, 0.29) is 5.54 Å². The normalized spacial score (nSPS) is 27.3. The highest BCUT2D eigenvalue weighted by Gasteiger charge is 2.53. The van der Waals surface area contributed by atoms with Gasteiger partial charge in [-0.3, -0.25) is 4.99 Å². The maximum atomic E-state index is 10.5. The number of guanidine groups is 1. The van der Waals surface area contributed by atoms with Gasteiger partial charge in [0.25, 0.3) is 0 Å². The molecule has 0 unspecified atom stereocenters. The number of aliphatic imine (C=N–C) groups is 1. The second kappa shape index (κ2) is 5.21. The molecule has 116 valence electrons. The molecule has 1 aliphatic heterocycles. The highest BCUT2D eigenvalue weighted by Crippen LogP contribution is 2.46. The van der Waals surface area contributed by atoms with Gasteiger partial charge in [0.1, 0.15) is 0 Å². The Hall–Kier alpha value is -0.770. The largest absolute Gasteiger partial charge is 0.388 e. The smallest absolute Gasteiger partial charge is 0.194 e. The molecule has 0 bridgehead atoms.